The van der Waals surface area contributed by atoms with Gasteiger partial charge in [0.15, 0.2) is 0 Å². The van der Waals surface area contributed by atoms with Crippen LogP contribution in [-0.4, -0.2) is 12.2 Å². The summed E-state index contributed by atoms with van der Waals surface area (Å²) >= 11 is 0. The van der Waals surface area contributed by atoms with Gasteiger partial charge in [-0.3, -0.25) is 0 Å². The molecule has 1 atom stereocenters. The van der Waals surface area contributed by atoms with E-state index in [0.717, 1.165) is 16.9 Å². The minimum Gasteiger partial charge on any atom is -0.497 e. The second-order valence-corrected chi connectivity index (χ2v) is 5.08. The van der Waals surface area contributed by atoms with Crippen molar-refractivity contribution in [3.8, 4) is 5.75 Å². The lowest BCUT2D eigenvalue weighted by atomic mass is 9.94. The summed E-state index contributed by atoms with van der Waals surface area (Å²) in [6.07, 6.45) is 1.93. The molecule has 2 aromatic carbocycles. The second-order valence-electron chi connectivity index (χ2n) is 5.08. The predicted molar refractivity (Wildman–Crippen MR) is 75.5 cm³/mol. The van der Waals surface area contributed by atoms with E-state index in [1.165, 1.54) is 18.4 Å². The van der Waals surface area contributed by atoms with Gasteiger partial charge in [0.2, 0.25) is 0 Å². The Morgan fingerprint density at radius 1 is 1.05 bits per heavy atom. The van der Waals surface area contributed by atoms with E-state index in [-0.39, 0.29) is 0 Å². The van der Waals surface area contributed by atoms with Crippen LogP contribution in [0.15, 0.2) is 48.5 Å². The zero-order chi connectivity index (χ0) is 13.2. The maximum absolute atomic E-state index is 10.6. The van der Waals surface area contributed by atoms with E-state index in [4.69, 9.17) is 4.74 Å². The topological polar surface area (TPSA) is 29.5 Å². The van der Waals surface area contributed by atoms with Gasteiger partial charge in [-0.25, -0.2) is 0 Å². The van der Waals surface area contributed by atoms with E-state index >= 15 is 0 Å². The number of ether oxygens (including phenoxy) is 1. The van der Waals surface area contributed by atoms with Crippen molar-refractivity contribution < 1.29 is 9.84 Å². The maximum Gasteiger partial charge on any atom is 0.118 e. The highest BCUT2D eigenvalue weighted by Crippen LogP contribution is 2.43. The van der Waals surface area contributed by atoms with Gasteiger partial charge in [0, 0.05) is 0 Å². The van der Waals surface area contributed by atoms with E-state index in [9.17, 15) is 5.11 Å². The maximum atomic E-state index is 10.6. The molecule has 0 saturated heterocycles. The Balaban J connectivity index is 1.92. The molecule has 2 aromatic rings. The smallest absolute Gasteiger partial charge is 0.118 e. The third-order valence-electron chi connectivity index (χ3n) is 3.74. The fraction of sp³-hybridized carbons (Fsp3) is 0.294. The van der Waals surface area contributed by atoms with Crippen LogP contribution in [0.3, 0.4) is 0 Å². The highest BCUT2D eigenvalue weighted by molar-refractivity contribution is 5.40. The average molecular weight is 254 g/mol. The van der Waals surface area contributed by atoms with Crippen LogP contribution >= 0.6 is 0 Å². The molecule has 0 amide bonds. The minimum atomic E-state index is -0.553. The van der Waals surface area contributed by atoms with Gasteiger partial charge in [0.25, 0.3) is 0 Å². The van der Waals surface area contributed by atoms with Crippen molar-refractivity contribution in [1.29, 1.82) is 0 Å². The van der Waals surface area contributed by atoms with Crippen LogP contribution in [-0.2, 0) is 0 Å². The van der Waals surface area contributed by atoms with Crippen molar-refractivity contribution in [2.75, 3.05) is 7.11 Å². The molecule has 1 fully saturated rings. The normalized spacial score (nSPS) is 16.1. The largest absolute Gasteiger partial charge is 0.497 e. The Kier molecular flexibility index (Phi) is 3.26. The molecule has 2 heteroatoms. The van der Waals surface area contributed by atoms with E-state index in [2.05, 4.69) is 12.1 Å². The molecule has 1 N–H and O–H groups in total. The molecule has 1 saturated carbocycles. The summed E-state index contributed by atoms with van der Waals surface area (Å²) in [6, 6.07) is 15.8. The first kappa shape index (κ1) is 12.2. The molecule has 19 heavy (non-hydrogen) atoms. The van der Waals surface area contributed by atoms with Crippen LogP contribution in [0.5, 0.6) is 5.75 Å². The Labute approximate surface area is 113 Å². The first-order valence-corrected chi connectivity index (χ1v) is 6.70. The van der Waals surface area contributed by atoms with Gasteiger partial charge in [0.05, 0.1) is 7.11 Å². The van der Waals surface area contributed by atoms with Gasteiger partial charge in [-0.1, -0.05) is 36.4 Å². The summed E-state index contributed by atoms with van der Waals surface area (Å²) in [7, 11) is 1.65. The lowest BCUT2D eigenvalue weighted by Crippen LogP contribution is -2.03. The van der Waals surface area contributed by atoms with Gasteiger partial charge < -0.3 is 9.84 Å². The molecule has 1 unspecified atom stereocenters. The molecule has 0 radical (unpaired) electrons. The average Bonchev–Trinajstić information content (AvgIpc) is 3.31. The molecule has 0 heterocycles. The fourth-order valence-electron chi connectivity index (χ4n) is 2.49. The van der Waals surface area contributed by atoms with Crippen molar-refractivity contribution in [3.05, 3.63) is 65.2 Å². The van der Waals surface area contributed by atoms with Gasteiger partial charge in [-0.15, -0.1) is 0 Å². The molecule has 0 aromatic heterocycles. The van der Waals surface area contributed by atoms with Crippen molar-refractivity contribution in [1.82, 2.24) is 0 Å². The van der Waals surface area contributed by atoms with Crippen LogP contribution in [0.25, 0.3) is 0 Å². The van der Waals surface area contributed by atoms with E-state index < -0.39 is 6.10 Å². The summed E-state index contributed by atoms with van der Waals surface area (Å²) < 4.78 is 5.14. The van der Waals surface area contributed by atoms with E-state index in [1.54, 1.807) is 7.11 Å². The number of hydrogen-bond acceptors (Lipinski definition) is 2. The zero-order valence-corrected chi connectivity index (χ0v) is 11.0. The van der Waals surface area contributed by atoms with Crippen LogP contribution in [0.1, 0.15) is 41.6 Å². The quantitative estimate of drug-likeness (QED) is 0.902. The molecule has 1 aliphatic rings. The molecule has 1 aliphatic carbocycles. The molecule has 0 spiro atoms. The molecule has 2 nitrogen and oxygen atoms in total. The summed E-state index contributed by atoms with van der Waals surface area (Å²) in [6.45, 7) is 0. The molecule has 0 bridgehead atoms. The Bertz CT molecular complexity index is 556. The van der Waals surface area contributed by atoms with Gasteiger partial charge in [0.1, 0.15) is 11.9 Å². The van der Waals surface area contributed by atoms with Crippen molar-refractivity contribution in [2.45, 2.75) is 24.9 Å². The first-order chi connectivity index (χ1) is 9.29. The van der Waals surface area contributed by atoms with Gasteiger partial charge in [-0.2, -0.15) is 0 Å². The lowest BCUT2D eigenvalue weighted by molar-refractivity contribution is 0.219. The minimum absolute atomic E-state index is 0.553. The standard InChI is InChI=1S/C17H18O2/c1-19-14-10-8-13(9-11-14)17(18)16-5-3-2-4-15(16)12-6-7-12/h2-5,8-12,17-18H,6-7H2,1H3. The summed E-state index contributed by atoms with van der Waals surface area (Å²) in [5, 5.41) is 10.6. The number of hydrogen-bond donors (Lipinski definition) is 1. The van der Waals surface area contributed by atoms with Crippen LogP contribution in [0.4, 0.5) is 0 Å². The van der Waals surface area contributed by atoms with Crippen LogP contribution < -0.4 is 4.74 Å². The van der Waals surface area contributed by atoms with Crippen molar-refractivity contribution in [2.24, 2.45) is 0 Å². The number of aliphatic hydroxyl groups is 1. The van der Waals surface area contributed by atoms with E-state index in [1.807, 2.05) is 36.4 Å². The number of benzene rings is 2. The van der Waals surface area contributed by atoms with Gasteiger partial charge >= 0.3 is 0 Å². The lowest BCUT2D eigenvalue weighted by Gasteiger charge is -2.16. The van der Waals surface area contributed by atoms with Crippen molar-refractivity contribution >= 4 is 0 Å². The number of aliphatic hydroxyl groups excluding tert-OH is 1. The Morgan fingerprint density at radius 2 is 1.74 bits per heavy atom. The summed E-state index contributed by atoms with van der Waals surface area (Å²) in [5.41, 5.74) is 3.25. The van der Waals surface area contributed by atoms with Gasteiger partial charge in [-0.05, 0) is 47.6 Å². The predicted octanol–water partition coefficient (Wildman–Crippen LogP) is 3.65. The molecular weight excluding hydrogens is 236 g/mol. The third kappa shape index (κ3) is 2.49. The highest BCUT2D eigenvalue weighted by Gasteiger charge is 2.27. The summed E-state index contributed by atoms with van der Waals surface area (Å²) in [5.74, 6) is 1.45. The number of methoxy groups -OCH3 is 1. The SMILES string of the molecule is COc1ccc(C(O)c2ccccc2C2CC2)cc1. The molecule has 3 rings (SSSR count). The highest BCUT2D eigenvalue weighted by atomic mass is 16.5. The summed E-state index contributed by atoms with van der Waals surface area (Å²) in [4.78, 5) is 0. The number of rotatable bonds is 4. The van der Waals surface area contributed by atoms with Crippen molar-refractivity contribution in [3.63, 3.8) is 0 Å². The molecule has 0 aliphatic heterocycles. The van der Waals surface area contributed by atoms with Crippen LogP contribution in [0.2, 0.25) is 0 Å². The Morgan fingerprint density at radius 3 is 2.37 bits per heavy atom. The van der Waals surface area contributed by atoms with Crippen LogP contribution in [0, 0.1) is 0 Å². The fourth-order valence-corrected chi connectivity index (χ4v) is 2.49. The first-order valence-electron chi connectivity index (χ1n) is 6.70. The Hall–Kier alpha value is -1.80. The molecule has 98 valence electrons. The second kappa shape index (κ2) is 5.06. The zero-order valence-electron chi connectivity index (χ0n) is 11.0. The third-order valence-corrected chi connectivity index (χ3v) is 3.74. The van der Waals surface area contributed by atoms with E-state index in [0.29, 0.717) is 5.92 Å². The molecular formula is C17H18O2. The monoisotopic (exact) mass is 254 g/mol.